The smallest absolute Gasteiger partial charge is 0.175 e. The van der Waals surface area contributed by atoms with E-state index in [0.717, 1.165) is 17.7 Å². The minimum atomic E-state index is -0.713. The van der Waals surface area contributed by atoms with Gasteiger partial charge in [-0.25, -0.2) is 8.78 Å². The summed E-state index contributed by atoms with van der Waals surface area (Å²) in [6.45, 7) is 6.30. The second kappa shape index (κ2) is 7.13. The number of hydrogen-bond donors (Lipinski definition) is 2. The summed E-state index contributed by atoms with van der Waals surface area (Å²) in [4.78, 5) is 0. The number of methoxy groups -OCH3 is 1. The lowest BCUT2D eigenvalue weighted by Gasteiger charge is -2.22. The Kier molecular flexibility index (Phi) is 5.39. The van der Waals surface area contributed by atoms with Crippen molar-refractivity contribution in [3.8, 4) is 5.75 Å². The van der Waals surface area contributed by atoms with Crippen molar-refractivity contribution < 1.29 is 13.5 Å². The normalized spacial score (nSPS) is 11.1. The fourth-order valence-corrected chi connectivity index (χ4v) is 2.36. The summed E-state index contributed by atoms with van der Waals surface area (Å²) in [5.41, 5.74) is 1.83. The van der Waals surface area contributed by atoms with Gasteiger partial charge in [0.25, 0.3) is 0 Å². The molecule has 0 aliphatic rings. The van der Waals surface area contributed by atoms with Gasteiger partial charge in [0.15, 0.2) is 5.11 Å². The lowest BCUT2D eigenvalue weighted by molar-refractivity contribution is 0.416. The first-order valence-corrected chi connectivity index (χ1v) is 7.83. The summed E-state index contributed by atoms with van der Waals surface area (Å²) in [6.07, 6.45) is 0. The Morgan fingerprint density at radius 1 is 1.00 bits per heavy atom. The van der Waals surface area contributed by atoms with Gasteiger partial charge in [0.2, 0.25) is 0 Å². The second-order valence-electron chi connectivity index (χ2n) is 6.37. The molecule has 2 rings (SSSR count). The minimum Gasteiger partial charge on any atom is -0.495 e. The monoisotopic (exact) mass is 350 g/mol. The molecule has 0 unspecified atom stereocenters. The van der Waals surface area contributed by atoms with Gasteiger partial charge in [-0.1, -0.05) is 26.8 Å². The van der Waals surface area contributed by atoms with Crippen molar-refractivity contribution in [3.63, 3.8) is 0 Å². The van der Waals surface area contributed by atoms with E-state index < -0.39 is 11.6 Å². The maximum atomic E-state index is 13.7. The van der Waals surface area contributed by atoms with Crippen LogP contribution < -0.4 is 15.4 Å². The number of hydrogen-bond acceptors (Lipinski definition) is 2. The third-order valence-corrected chi connectivity index (χ3v) is 3.70. The average molecular weight is 350 g/mol. The van der Waals surface area contributed by atoms with Gasteiger partial charge >= 0.3 is 0 Å². The van der Waals surface area contributed by atoms with Crippen LogP contribution in [0.5, 0.6) is 5.75 Å². The highest BCUT2D eigenvalue weighted by molar-refractivity contribution is 7.80. The van der Waals surface area contributed by atoms with E-state index in [1.807, 2.05) is 18.2 Å². The Labute approximate surface area is 146 Å². The van der Waals surface area contributed by atoms with Gasteiger partial charge in [0, 0.05) is 6.07 Å². The Morgan fingerprint density at radius 3 is 2.25 bits per heavy atom. The number of benzene rings is 2. The Balaban J connectivity index is 2.21. The van der Waals surface area contributed by atoms with Crippen molar-refractivity contribution >= 4 is 28.7 Å². The summed E-state index contributed by atoms with van der Waals surface area (Å²) in [7, 11) is 1.56. The standard InChI is InChI=1S/C18H20F2N2OS/c1-18(2,3)11-5-8-16(23-4)15(9-11)22-17(24)21-14-7-6-12(19)10-13(14)20/h5-10H,1-4H3,(H2,21,22,24). The quantitative estimate of drug-likeness (QED) is 0.757. The third kappa shape index (κ3) is 4.41. The highest BCUT2D eigenvalue weighted by atomic mass is 32.1. The molecule has 0 atom stereocenters. The first-order valence-electron chi connectivity index (χ1n) is 7.42. The Bertz CT molecular complexity index is 757. The molecule has 0 spiro atoms. The van der Waals surface area contributed by atoms with Gasteiger partial charge in [-0.05, 0) is 47.5 Å². The summed E-state index contributed by atoms with van der Waals surface area (Å²) in [5, 5.41) is 5.90. The lowest BCUT2D eigenvalue weighted by Crippen LogP contribution is -2.21. The molecule has 6 heteroatoms. The van der Waals surface area contributed by atoms with Crippen LogP contribution >= 0.6 is 12.2 Å². The van der Waals surface area contributed by atoms with Crippen LogP contribution in [0.3, 0.4) is 0 Å². The van der Waals surface area contributed by atoms with E-state index in [9.17, 15) is 8.78 Å². The molecule has 0 aromatic heterocycles. The molecule has 0 aliphatic heterocycles. The molecular formula is C18H20F2N2OS. The molecular weight excluding hydrogens is 330 g/mol. The van der Waals surface area contributed by atoms with Crippen molar-refractivity contribution in [1.29, 1.82) is 0 Å². The number of thiocarbonyl (C=S) groups is 1. The fraction of sp³-hybridized carbons (Fsp3) is 0.278. The van der Waals surface area contributed by atoms with Crippen LogP contribution in [0.4, 0.5) is 20.2 Å². The molecule has 0 saturated carbocycles. The van der Waals surface area contributed by atoms with Crippen molar-refractivity contribution in [1.82, 2.24) is 0 Å². The summed E-state index contributed by atoms with van der Waals surface area (Å²) in [5.74, 6) is -0.738. The summed E-state index contributed by atoms with van der Waals surface area (Å²) >= 11 is 5.22. The van der Waals surface area contributed by atoms with Gasteiger partial charge in [-0.3, -0.25) is 0 Å². The molecule has 0 saturated heterocycles. The Morgan fingerprint density at radius 2 is 1.67 bits per heavy atom. The predicted molar refractivity (Wildman–Crippen MR) is 97.9 cm³/mol. The molecule has 3 nitrogen and oxygen atoms in total. The average Bonchev–Trinajstić information content (AvgIpc) is 2.49. The number of ether oxygens (including phenoxy) is 1. The fourth-order valence-electron chi connectivity index (χ4n) is 2.14. The minimum absolute atomic E-state index is 0.0409. The molecule has 0 fully saturated rings. The van der Waals surface area contributed by atoms with Crippen molar-refractivity contribution in [2.45, 2.75) is 26.2 Å². The van der Waals surface area contributed by atoms with Gasteiger partial charge in [-0.15, -0.1) is 0 Å². The summed E-state index contributed by atoms with van der Waals surface area (Å²) in [6, 6.07) is 9.03. The van der Waals surface area contributed by atoms with E-state index in [-0.39, 0.29) is 16.2 Å². The van der Waals surface area contributed by atoms with Crippen LogP contribution in [-0.4, -0.2) is 12.2 Å². The van der Waals surface area contributed by atoms with Gasteiger partial charge in [-0.2, -0.15) is 0 Å². The molecule has 2 aromatic carbocycles. The van der Waals surface area contributed by atoms with E-state index in [4.69, 9.17) is 17.0 Å². The zero-order valence-electron chi connectivity index (χ0n) is 14.0. The summed E-state index contributed by atoms with van der Waals surface area (Å²) < 4.78 is 32.0. The topological polar surface area (TPSA) is 33.3 Å². The molecule has 0 bridgehead atoms. The van der Waals surface area contributed by atoms with Crippen LogP contribution in [0.25, 0.3) is 0 Å². The highest BCUT2D eigenvalue weighted by Gasteiger charge is 2.16. The largest absolute Gasteiger partial charge is 0.495 e. The second-order valence-corrected chi connectivity index (χ2v) is 6.78. The molecule has 0 aliphatic carbocycles. The molecule has 2 N–H and O–H groups in total. The van der Waals surface area contributed by atoms with Crippen LogP contribution in [-0.2, 0) is 5.41 Å². The zero-order chi connectivity index (χ0) is 17.9. The van der Waals surface area contributed by atoms with Crippen LogP contribution in [0.1, 0.15) is 26.3 Å². The SMILES string of the molecule is COc1ccc(C(C)(C)C)cc1NC(=S)Nc1ccc(F)cc1F. The Hall–Kier alpha value is -2.21. The van der Waals surface area contributed by atoms with E-state index in [1.165, 1.54) is 6.07 Å². The van der Waals surface area contributed by atoms with Gasteiger partial charge in [0.1, 0.15) is 17.4 Å². The number of rotatable bonds is 3. The molecule has 0 amide bonds. The maximum Gasteiger partial charge on any atom is 0.175 e. The number of nitrogens with one attached hydrogen (secondary N) is 2. The van der Waals surface area contributed by atoms with Crippen LogP contribution in [0.2, 0.25) is 0 Å². The van der Waals surface area contributed by atoms with Crippen LogP contribution in [0.15, 0.2) is 36.4 Å². The zero-order valence-corrected chi connectivity index (χ0v) is 14.9. The molecule has 24 heavy (non-hydrogen) atoms. The van der Waals surface area contributed by atoms with Gasteiger partial charge in [0.05, 0.1) is 18.5 Å². The molecule has 0 heterocycles. The van der Waals surface area contributed by atoms with Crippen molar-refractivity contribution in [3.05, 3.63) is 53.6 Å². The first-order chi connectivity index (χ1) is 11.2. The molecule has 2 aromatic rings. The maximum absolute atomic E-state index is 13.7. The van der Waals surface area contributed by atoms with E-state index in [0.29, 0.717) is 11.4 Å². The first kappa shape index (κ1) is 18.1. The van der Waals surface area contributed by atoms with Gasteiger partial charge < -0.3 is 15.4 Å². The van der Waals surface area contributed by atoms with Crippen LogP contribution in [0, 0.1) is 11.6 Å². The number of halogens is 2. The highest BCUT2D eigenvalue weighted by Crippen LogP contribution is 2.31. The number of anilines is 2. The molecule has 128 valence electrons. The predicted octanol–water partition coefficient (Wildman–Crippen LogP) is 5.08. The lowest BCUT2D eigenvalue weighted by atomic mass is 9.87. The van der Waals surface area contributed by atoms with Crippen molar-refractivity contribution in [2.75, 3.05) is 17.7 Å². The van der Waals surface area contributed by atoms with E-state index in [2.05, 4.69) is 31.4 Å². The van der Waals surface area contributed by atoms with E-state index >= 15 is 0 Å². The van der Waals surface area contributed by atoms with Crippen molar-refractivity contribution in [2.24, 2.45) is 0 Å². The molecule has 0 radical (unpaired) electrons. The van der Waals surface area contributed by atoms with E-state index in [1.54, 1.807) is 7.11 Å². The third-order valence-electron chi connectivity index (χ3n) is 3.49.